The van der Waals surface area contributed by atoms with Crippen LogP contribution >= 0.6 is 0 Å². The van der Waals surface area contributed by atoms with Crippen molar-refractivity contribution in [3.05, 3.63) is 29.3 Å². The molecule has 1 unspecified atom stereocenters. The van der Waals surface area contributed by atoms with Crippen molar-refractivity contribution < 1.29 is 23.2 Å². The number of sulfone groups is 1. The SMILES string of the molecule is CN1CCCCC2(CCc3cc(C(=O)NO)ccc3S2(=O)=O)C1=O. The molecule has 0 aromatic heterocycles. The summed E-state index contributed by atoms with van der Waals surface area (Å²) in [5.41, 5.74) is 2.24. The summed E-state index contributed by atoms with van der Waals surface area (Å²) >= 11 is 0. The quantitative estimate of drug-likeness (QED) is 0.577. The summed E-state index contributed by atoms with van der Waals surface area (Å²) in [7, 11) is -2.20. The lowest BCUT2D eigenvalue weighted by Gasteiger charge is -2.37. The van der Waals surface area contributed by atoms with Gasteiger partial charge in [0.15, 0.2) is 14.6 Å². The van der Waals surface area contributed by atoms with Crippen LogP contribution in [-0.4, -0.2) is 48.7 Å². The molecule has 2 amide bonds. The largest absolute Gasteiger partial charge is 0.344 e. The smallest absolute Gasteiger partial charge is 0.274 e. The van der Waals surface area contributed by atoms with Crippen molar-refractivity contribution in [2.45, 2.75) is 41.7 Å². The molecule has 1 saturated heterocycles. The maximum Gasteiger partial charge on any atom is 0.274 e. The van der Waals surface area contributed by atoms with Gasteiger partial charge in [-0.25, -0.2) is 13.9 Å². The summed E-state index contributed by atoms with van der Waals surface area (Å²) < 4.78 is 25.1. The van der Waals surface area contributed by atoms with Gasteiger partial charge in [0.1, 0.15) is 0 Å². The topological polar surface area (TPSA) is 104 Å². The number of carbonyl (C=O) groups is 2. The lowest BCUT2D eigenvalue weighted by Crippen LogP contribution is -2.53. The van der Waals surface area contributed by atoms with Crippen LogP contribution in [0.2, 0.25) is 0 Å². The highest BCUT2D eigenvalue weighted by Crippen LogP contribution is 2.43. The van der Waals surface area contributed by atoms with Crippen LogP contribution in [0.25, 0.3) is 0 Å². The Hall–Kier alpha value is -1.93. The van der Waals surface area contributed by atoms with E-state index in [9.17, 15) is 18.0 Å². The van der Waals surface area contributed by atoms with E-state index in [-0.39, 0.29) is 22.8 Å². The number of hydroxylamine groups is 1. The predicted molar refractivity (Wildman–Crippen MR) is 85.4 cm³/mol. The number of hydrogen-bond acceptors (Lipinski definition) is 5. The van der Waals surface area contributed by atoms with Gasteiger partial charge in [0.2, 0.25) is 5.91 Å². The average molecular weight is 352 g/mol. The predicted octanol–water partition coefficient (Wildman–Crippen LogP) is 0.907. The van der Waals surface area contributed by atoms with Gasteiger partial charge in [-0.2, -0.15) is 0 Å². The van der Waals surface area contributed by atoms with E-state index in [0.717, 1.165) is 6.42 Å². The molecule has 2 heterocycles. The summed E-state index contributed by atoms with van der Waals surface area (Å²) in [4.78, 5) is 26.0. The molecule has 3 rings (SSSR count). The minimum Gasteiger partial charge on any atom is -0.344 e. The van der Waals surface area contributed by atoms with Gasteiger partial charge in [0.25, 0.3) is 5.91 Å². The Kier molecular flexibility index (Phi) is 4.13. The van der Waals surface area contributed by atoms with E-state index in [1.807, 2.05) is 0 Å². The summed E-state index contributed by atoms with van der Waals surface area (Å²) in [5.74, 6) is -1.02. The molecule has 2 aliphatic heterocycles. The standard InChI is InChI=1S/C16H20N2O5S/c1-18-9-3-2-7-16(15(18)20)8-6-11-10-12(14(19)17-21)4-5-13(11)24(16,22)23/h4-5,10,21H,2-3,6-9H2,1H3,(H,17,19). The lowest BCUT2D eigenvalue weighted by atomic mass is 9.92. The van der Waals surface area contributed by atoms with Crippen molar-refractivity contribution in [3.63, 3.8) is 0 Å². The zero-order chi connectivity index (χ0) is 17.5. The van der Waals surface area contributed by atoms with E-state index in [1.54, 1.807) is 7.05 Å². The number of carbonyl (C=O) groups excluding carboxylic acids is 2. The van der Waals surface area contributed by atoms with Crippen molar-refractivity contribution in [2.24, 2.45) is 0 Å². The molecule has 2 aliphatic rings. The van der Waals surface area contributed by atoms with Crippen LogP contribution in [0.3, 0.4) is 0 Å². The second-order valence-corrected chi connectivity index (χ2v) is 8.67. The van der Waals surface area contributed by atoms with Gasteiger partial charge in [0.05, 0.1) is 4.90 Å². The number of rotatable bonds is 1. The maximum atomic E-state index is 13.2. The molecule has 0 saturated carbocycles. The third kappa shape index (κ3) is 2.32. The zero-order valence-corrected chi connectivity index (χ0v) is 14.2. The number of nitrogens with zero attached hydrogens (tertiary/aromatic N) is 1. The second kappa shape index (κ2) is 5.86. The van der Waals surface area contributed by atoms with E-state index in [0.29, 0.717) is 31.4 Å². The molecular formula is C16H20N2O5S. The first-order valence-electron chi connectivity index (χ1n) is 7.91. The molecule has 0 radical (unpaired) electrons. The first kappa shape index (κ1) is 16.9. The van der Waals surface area contributed by atoms with Crippen molar-refractivity contribution in [3.8, 4) is 0 Å². The molecule has 1 atom stereocenters. The fourth-order valence-electron chi connectivity index (χ4n) is 3.72. The first-order valence-corrected chi connectivity index (χ1v) is 9.39. The fraction of sp³-hybridized carbons (Fsp3) is 0.500. The van der Waals surface area contributed by atoms with Crippen LogP contribution in [0.15, 0.2) is 23.1 Å². The minimum atomic E-state index is -3.85. The van der Waals surface area contributed by atoms with Crippen LogP contribution in [0.4, 0.5) is 0 Å². The van der Waals surface area contributed by atoms with Crippen LogP contribution in [0.5, 0.6) is 0 Å². The van der Waals surface area contributed by atoms with Crippen molar-refractivity contribution in [2.75, 3.05) is 13.6 Å². The molecule has 1 spiro atoms. The van der Waals surface area contributed by atoms with Crippen molar-refractivity contribution in [1.82, 2.24) is 10.4 Å². The van der Waals surface area contributed by atoms with Gasteiger partial charge in [-0.05, 0) is 55.9 Å². The third-order valence-corrected chi connectivity index (χ3v) is 7.68. The normalized spacial score (nSPS) is 25.9. The average Bonchev–Trinajstić information content (AvgIpc) is 2.72. The molecule has 1 aromatic carbocycles. The zero-order valence-electron chi connectivity index (χ0n) is 13.4. The number of amides is 2. The highest BCUT2D eigenvalue weighted by atomic mass is 32.2. The molecule has 1 aromatic rings. The highest BCUT2D eigenvalue weighted by molar-refractivity contribution is 7.93. The Bertz CT molecular complexity index is 805. The molecule has 0 aliphatic carbocycles. The number of aryl methyl sites for hydroxylation is 1. The Balaban J connectivity index is 2.11. The molecule has 0 bridgehead atoms. The van der Waals surface area contributed by atoms with Crippen molar-refractivity contribution >= 4 is 21.7 Å². The van der Waals surface area contributed by atoms with Crippen molar-refractivity contribution in [1.29, 1.82) is 0 Å². The van der Waals surface area contributed by atoms with E-state index in [2.05, 4.69) is 0 Å². The van der Waals surface area contributed by atoms with Gasteiger partial charge in [-0.15, -0.1) is 0 Å². The van der Waals surface area contributed by atoms with Crippen LogP contribution < -0.4 is 5.48 Å². The second-order valence-electron chi connectivity index (χ2n) is 6.44. The number of likely N-dealkylation sites (tertiary alicyclic amines) is 1. The summed E-state index contributed by atoms with van der Waals surface area (Å²) in [6.07, 6.45) is 2.44. The molecule has 130 valence electrons. The number of benzene rings is 1. The first-order chi connectivity index (χ1) is 11.3. The van der Waals surface area contributed by atoms with E-state index in [4.69, 9.17) is 5.21 Å². The van der Waals surface area contributed by atoms with Crippen LogP contribution in [0.1, 0.15) is 41.6 Å². The van der Waals surface area contributed by atoms with Gasteiger partial charge in [-0.1, -0.05) is 0 Å². The Labute approximate surface area is 140 Å². The molecule has 24 heavy (non-hydrogen) atoms. The number of fused-ring (bicyclic) bond motifs is 1. The Morgan fingerprint density at radius 1 is 1.29 bits per heavy atom. The van der Waals surface area contributed by atoms with Gasteiger partial charge >= 0.3 is 0 Å². The molecule has 1 fully saturated rings. The van der Waals surface area contributed by atoms with Crippen LogP contribution in [-0.2, 0) is 21.1 Å². The summed E-state index contributed by atoms with van der Waals surface area (Å²) in [5, 5.41) is 8.72. The third-order valence-electron chi connectivity index (χ3n) is 5.09. The lowest BCUT2D eigenvalue weighted by molar-refractivity contribution is -0.132. The Morgan fingerprint density at radius 2 is 2.04 bits per heavy atom. The van der Waals surface area contributed by atoms with Gasteiger partial charge < -0.3 is 4.90 Å². The van der Waals surface area contributed by atoms with E-state index in [1.165, 1.54) is 28.6 Å². The van der Waals surface area contributed by atoms with E-state index >= 15 is 0 Å². The fourth-order valence-corrected chi connectivity index (χ4v) is 6.07. The van der Waals surface area contributed by atoms with Gasteiger partial charge in [-0.3, -0.25) is 14.8 Å². The molecule has 7 nitrogen and oxygen atoms in total. The summed E-state index contributed by atoms with van der Waals surface area (Å²) in [6.45, 7) is 0.568. The maximum absolute atomic E-state index is 13.2. The minimum absolute atomic E-state index is 0.117. The monoisotopic (exact) mass is 352 g/mol. The van der Waals surface area contributed by atoms with Crippen LogP contribution in [0, 0.1) is 0 Å². The highest BCUT2D eigenvalue weighted by Gasteiger charge is 2.55. The summed E-state index contributed by atoms with van der Waals surface area (Å²) in [6, 6.07) is 4.19. The number of nitrogens with one attached hydrogen (secondary N) is 1. The molecule has 8 heteroatoms. The molecule has 2 N–H and O–H groups in total. The van der Waals surface area contributed by atoms with Gasteiger partial charge in [0, 0.05) is 19.2 Å². The number of hydrogen-bond donors (Lipinski definition) is 2. The molecular weight excluding hydrogens is 332 g/mol. The van der Waals surface area contributed by atoms with E-state index < -0.39 is 20.5 Å². The Morgan fingerprint density at radius 3 is 2.75 bits per heavy atom.